The Morgan fingerprint density at radius 1 is 0.362 bits per heavy atom. The molecule has 0 radical (unpaired) electrons. The van der Waals surface area contributed by atoms with Gasteiger partial charge in [-0.2, -0.15) is 0 Å². The quantitative estimate of drug-likeness (QED) is 0.0264. The topological polar surface area (TPSA) is 78.9 Å². The normalized spacial score (nSPS) is 12.7. The van der Waals surface area contributed by atoms with Crippen LogP contribution >= 0.6 is 0 Å². The van der Waals surface area contributed by atoms with E-state index in [2.05, 4.69) is 93.7 Å². The van der Waals surface area contributed by atoms with Crippen molar-refractivity contribution in [3.63, 3.8) is 0 Å². The molecule has 1 unspecified atom stereocenters. The molecule has 332 valence electrons. The van der Waals surface area contributed by atoms with E-state index in [1.165, 1.54) is 83.5 Å². The predicted molar refractivity (Wildman–Crippen MR) is 247 cm³/mol. The lowest BCUT2D eigenvalue weighted by atomic mass is 10.0. The molecule has 0 N–H and O–H groups in total. The highest BCUT2D eigenvalue weighted by atomic mass is 16.6. The van der Waals surface area contributed by atoms with Gasteiger partial charge in [-0.25, -0.2) is 0 Å². The highest BCUT2D eigenvalue weighted by molar-refractivity contribution is 5.71. The molecule has 0 aliphatic heterocycles. The Bertz CT molecular complexity index is 1110. The van der Waals surface area contributed by atoms with Gasteiger partial charge in [-0.15, -0.1) is 0 Å². The third-order valence-corrected chi connectivity index (χ3v) is 10.1. The summed E-state index contributed by atoms with van der Waals surface area (Å²) in [7, 11) is 0. The van der Waals surface area contributed by atoms with Crippen molar-refractivity contribution in [3.05, 3.63) is 72.9 Å². The summed E-state index contributed by atoms with van der Waals surface area (Å²) in [6.07, 6.45) is 57.4. The van der Waals surface area contributed by atoms with E-state index in [1.54, 1.807) is 0 Å². The highest BCUT2D eigenvalue weighted by Gasteiger charge is 2.19. The van der Waals surface area contributed by atoms with Gasteiger partial charge in [-0.3, -0.25) is 14.4 Å². The van der Waals surface area contributed by atoms with E-state index >= 15 is 0 Å². The van der Waals surface area contributed by atoms with Crippen molar-refractivity contribution in [2.75, 3.05) is 13.2 Å². The molecule has 0 aromatic rings. The van der Waals surface area contributed by atoms with Gasteiger partial charge in [0.25, 0.3) is 0 Å². The van der Waals surface area contributed by atoms with Crippen molar-refractivity contribution in [3.8, 4) is 0 Å². The van der Waals surface area contributed by atoms with Crippen LogP contribution < -0.4 is 0 Å². The summed E-state index contributed by atoms with van der Waals surface area (Å²) >= 11 is 0. The summed E-state index contributed by atoms with van der Waals surface area (Å²) in [6.45, 7) is 6.34. The minimum Gasteiger partial charge on any atom is -0.462 e. The highest BCUT2D eigenvalue weighted by Crippen LogP contribution is 2.15. The Morgan fingerprint density at radius 2 is 0.672 bits per heavy atom. The fourth-order valence-electron chi connectivity index (χ4n) is 6.50. The smallest absolute Gasteiger partial charge is 0.306 e. The summed E-state index contributed by atoms with van der Waals surface area (Å²) < 4.78 is 16.7. The van der Waals surface area contributed by atoms with Gasteiger partial charge in [0, 0.05) is 19.3 Å². The first-order valence-corrected chi connectivity index (χ1v) is 24.0. The first-order chi connectivity index (χ1) is 28.5. The first-order valence-electron chi connectivity index (χ1n) is 24.0. The lowest BCUT2D eigenvalue weighted by Gasteiger charge is -2.18. The van der Waals surface area contributed by atoms with E-state index in [0.717, 1.165) is 96.3 Å². The molecule has 0 saturated carbocycles. The average Bonchev–Trinajstić information content (AvgIpc) is 3.22. The van der Waals surface area contributed by atoms with Gasteiger partial charge in [0.1, 0.15) is 13.2 Å². The Balaban J connectivity index is 4.42. The molecule has 0 heterocycles. The maximum absolute atomic E-state index is 12.7. The number of rotatable bonds is 42. The van der Waals surface area contributed by atoms with Crippen molar-refractivity contribution < 1.29 is 28.6 Å². The van der Waals surface area contributed by atoms with Crippen molar-refractivity contribution >= 4 is 17.9 Å². The van der Waals surface area contributed by atoms with Gasteiger partial charge in [-0.05, 0) is 57.8 Å². The summed E-state index contributed by atoms with van der Waals surface area (Å²) in [5.41, 5.74) is 0. The number of unbranched alkanes of at least 4 members (excludes halogenated alkanes) is 23. The molecule has 0 spiro atoms. The van der Waals surface area contributed by atoms with E-state index in [9.17, 15) is 14.4 Å². The molecule has 0 rings (SSSR count). The fraction of sp³-hybridized carbons (Fsp3) is 0.712. The molecular formula is C52H88O6. The molecule has 6 nitrogen and oxygen atoms in total. The van der Waals surface area contributed by atoms with E-state index in [1.807, 2.05) is 0 Å². The molecular weight excluding hydrogens is 721 g/mol. The lowest BCUT2D eigenvalue weighted by Crippen LogP contribution is -2.30. The first kappa shape index (κ1) is 54.9. The third kappa shape index (κ3) is 44.0. The minimum atomic E-state index is -0.788. The fourth-order valence-corrected chi connectivity index (χ4v) is 6.50. The summed E-state index contributed by atoms with van der Waals surface area (Å²) in [4.78, 5) is 37.8. The van der Waals surface area contributed by atoms with Gasteiger partial charge in [0.05, 0.1) is 0 Å². The molecule has 0 saturated heterocycles. The predicted octanol–water partition coefficient (Wildman–Crippen LogP) is 15.5. The van der Waals surface area contributed by atoms with Gasteiger partial charge >= 0.3 is 17.9 Å². The lowest BCUT2D eigenvalue weighted by molar-refractivity contribution is -0.167. The van der Waals surface area contributed by atoms with Crippen LogP contribution in [0.25, 0.3) is 0 Å². The molecule has 58 heavy (non-hydrogen) atoms. The van der Waals surface area contributed by atoms with Gasteiger partial charge in [-0.1, -0.05) is 216 Å². The van der Waals surface area contributed by atoms with Gasteiger partial charge in [0.2, 0.25) is 0 Å². The number of ether oxygens (including phenoxy) is 3. The van der Waals surface area contributed by atoms with E-state index in [-0.39, 0.29) is 31.1 Å². The Hall–Kier alpha value is -3.15. The summed E-state index contributed by atoms with van der Waals surface area (Å²) in [5, 5.41) is 0. The number of carbonyl (C=O) groups excluding carboxylic acids is 3. The number of carbonyl (C=O) groups is 3. The minimum absolute atomic E-state index is 0.0868. The van der Waals surface area contributed by atoms with Crippen molar-refractivity contribution in [1.29, 1.82) is 0 Å². The SMILES string of the molecule is CC\C=C/C=C\C=C/CCCCCCCCCC(=O)OCC(COC(=O)CCCCCCCCCCCCCC)OC(=O)CCCCCCC\C=C/C=C\C=C/CC. The molecule has 0 aromatic heterocycles. The largest absolute Gasteiger partial charge is 0.462 e. The number of allylic oxidation sites excluding steroid dienone is 12. The average molecular weight is 809 g/mol. The Labute approximate surface area is 357 Å². The third-order valence-electron chi connectivity index (χ3n) is 10.1. The van der Waals surface area contributed by atoms with Crippen LogP contribution in [0.1, 0.15) is 220 Å². The van der Waals surface area contributed by atoms with Crippen molar-refractivity contribution in [2.45, 2.75) is 226 Å². The van der Waals surface area contributed by atoms with Crippen molar-refractivity contribution in [1.82, 2.24) is 0 Å². The number of hydrogen-bond acceptors (Lipinski definition) is 6. The molecule has 0 aliphatic carbocycles. The van der Waals surface area contributed by atoms with Crippen LogP contribution in [-0.4, -0.2) is 37.2 Å². The maximum atomic E-state index is 12.7. The standard InChI is InChI=1S/C52H88O6/c1-4-7-10-13-16-19-22-25-26-28-30-33-36-39-42-45-51(54)57-48-49(47-56-50(53)44-41-38-35-32-29-24-21-18-15-12-9-6-3)58-52(55)46-43-40-37-34-31-27-23-20-17-14-11-8-5-2/h7-8,10-11,13-14,16-17,19-20,22-23,49H,4-6,9,12,15,18,21,24-48H2,1-3H3/b10-7-,11-8-,16-13-,17-14-,22-19-,23-20-. The zero-order valence-electron chi connectivity index (χ0n) is 37.8. The van der Waals surface area contributed by atoms with Crippen LogP contribution in [0, 0.1) is 0 Å². The van der Waals surface area contributed by atoms with E-state index < -0.39 is 6.10 Å². The monoisotopic (exact) mass is 809 g/mol. The van der Waals surface area contributed by atoms with Crippen LogP contribution in [0.15, 0.2) is 72.9 Å². The van der Waals surface area contributed by atoms with Crippen LogP contribution in [0.5, 0.6) is 0 Å². The molecule has 0 aliphatic rings. The molecule has 6 heteroatoms. The zero-order chi connectivity index (χ0) is 42.3. The van der Waals surface area contributed by atoms with Gasteiger partial charge < -0.3 is 14.2 Å². The van der Waals surface area contributed by atoms with Crippen LogP contribution in [0.2, 0.25) is 0 Å². The number of esters is 3. The second-order valence-corrected chi connectivity index (χ2v) is 15.7. The Kier molecular flexibility index (Phi) is 44.0. The Morgan fingerprint density at radius 3 is 1.03 bits per heavy atom. The molecule has 1 atom stereocenters. The number of hydrogen-bond donors (Lipinski definition) is 0. The van der Waals surface area contributed by atoms with Crippen LogP contribution in [0.4, 0.5) is 0 Å². The maximum Gasteiger partial charge on any atom is 0.306 e. The second kappa shape index (κ2) is 46.5. The van der Waals surface area contributed by atoms with Crippen LogP contribution in [-0.2, 0) is 28.6 Å². The van der Waals surface area contributed by atoms with Crippen LogP contribution in [0.3, 0.4) is 0 Å². The second-order valence-electron chi connectivity index (χ2n) is 15.7. The van der Waals surface area contributed by atoms with E-state index in [4.69, 9.17) is 14.2 Å². The summed E-state index contributed by atoms with van der Waals surface area (Å²) in [6, 6.07) is 0. The summed E-state index contributed by atoms with van der Waals surface area (Å²) in [5.74, 6) is -0.922. The van der Waals surface area contributed by atoms with Gasteiger partial charge in [0.15, 0.2) is 6.10 Å². The zero-order valence-corrected chi connectivity index (χ0v) is 37.8. The van der Waals surface area contributed by atoms with E-state index in [0.29, 0.717) is 19.3 Å². The van der Waals surface area contributed by atoms with Crippen molar-refractivity contribution in [2.24, 2.45) is 0 Å². The molecule has 0 aromatic carbocycles. The molecule has 0 bridgehead atoms. The molecule has 0 fully saturated rings. The molecule has 0 amide bonds.